The van der Waals surface area contributed by atoms with Crippen molar-refractivity contribution in [3.8, 4) is 0 Å². The zero-order valence-corrected chi connectivity index (χ0v) is 14.5. The number of rotatable bonds is 5. The minimum atomic E-state index is 0. The largest absolute Gasteiger partial charge is 0.356 e. The van der Waals surface area contributed by atoms with E-state index in [0.29, 0.717) is 0 Å². The maximum atomic E-state index is 4.25. The Hall–Kier alpha value is -0.0400. The van der Waals surface area contributed by atoms with E-state index in [1.54, 1.807) is 0 Å². The summed E-state index contributed by atoms with van der Waals surface area (Å²) in [4.78, 5) is 6.64. The third-order valence-electron chi connectivity index (χ3n) is 3.28. The highest BCUT2D eigenvalue weighted by molar-refractivity contribution is 14.0. The molecule has 0 aromatic rings. The molecule has 5 heteroatoms. The molecule has 4 nitrogen and oxygen atoms in total. The Morgan fingerprint density at radius 2 is 2.11 bits per heavy atom. The molecule has 108 valence electrons. The quantitative estimate of drug-likeness (QED) is 0.442. The second-order valence-electron chi connectivity index (χ2n) is 5.48. The normalized spacial score (nSPS) is 20.9. The van der Waals surface area contributed by atoms with Crippen LogP contribution in [0.2, 0.25) is 0 Å². The van der Waals surface area contributed by atoms with Gasteiger partial charge in [-0.25, -0.2) is 0 Å². The fourth-order valence-electron chi connectivity index (χ4n) is 2.13. The molecular weight excluding hydrogens is 339 g/mol. The lowest BCUT2D eigenvalue weighted by atomic mass is 10.1. The molecule has 0 aromatic carbocycles. The molecule has 1 aliphatic heterocycles. The summed E-state index contributed by atoms with van der Waals surface area (Å²) in [6.07, 6.45) is 2.49. The van der Waals surface area contributed by atoms with Gasteiger partial charge >= 0.3 is 0 Å². The first-order valence-electron chi connectivity index (χ1n) is 6.75. The van der Waals surface area contributed by atoms with Crippen LogP contribution in [0.3, 0.4) is 0 Å². The van der Waals surface area contributed by atoms with Crippen LogP contribution in [0.5, 0.6) is 0 Å². The molecule has 18 heavy (non-hydrogen) atoms. The lowest BCUT2D eigenvalue weighted by molar-refractivity contribution is 0.394. The fourth-order valence-corrected chi connectivity index (χ4v) is 2.13. The molecule has 0 saturated carbocycles. The van der Waals surface area contributed by atoms with Crippen LogP contribution in [0.1, 0.15) is 26.7 Å². The zero-order valence-electron chi connectivity index (χ0n) is 12.2. The minimum absolute atomic E-state index is 0. The van der Waals surface area contributed by atoms with Crippen LogP contribution in [-0.2, 0) is 0 Å². The van der Waals surface area contributed by atoms with Gasteiger partial charge in [-0.15, -0.1) is 24.0 Å². The molecule has 1 rings (SSSR count). The summed E-state index contributed by atoms with van der Waals surface area (Å²) in [7, 11) is 4.03. The SMILES string of the molecule is CN=C(NCCC(C)C)NCC1CCN(C)C1.I. The van der Waals surface area contributed by atoms with Crippen molar-refractivity contribution >= 4 is 29.9 Å². The second kappa shape index (κ2) is 9.83. The minimum Gasteiger partial charge on any atom is -0.356 e. The first-order valence-corrected chi connectivity index (χ1v) is 6.75. The molecule has 0 aliphatic carbocycles. The van der Waals surface area contributed by atoms with Gasteiger partial charge in [0.25, 0.3) is 0 Å². The van der Waals surface area contributed by atoms with E-state index < -0.39 is 0 Å². The highest BCUT2D eigenvalue weighted by Crippen LogP contribution is 2.12. The Morgan fingerprint density at radius 1 is 1.39 bits per heavy atom. The van der Waals surface area contributed by atoms with E-state index in [0.717, 1.165) is 30.9 Å². The van der Waals surface area contributed by atoms with E-state index in [2.05, 4.69) is 41.4 Å². The smallest absolute Gasteiger partial charge is 0.190 e. The summed E-state index contributed by atoms with van der Waals surface area (Å²) in [6, 6.07) is 0. The van der Waals surface area contributed by atoms with E-state index in [-0.39, 0.29) is 24.0 Å². The van der Waals surface area contributed by atoms with Gasteiger partial charge in [-0.2, -0.15) is 0 Å². The Labute approximate surface area is 129 Å². The predicted octanol–water partition coefficient (Wildman–Crippen LogP) is 1.77. The van der Waals surface area contributed by atoms with Gasteiger partial charge in [0.2, 0.25) is 0 Å². The molecule has 1 aliphatic rings. The van der Waals surface area contributed by atoms with E-state index in [9.17, 15) is 0 Å². The highest BCUT2D eigenvalue weighted by atomic mass is 127. The molecular formula is C13H29IN4. The summed E-state index contributed by atoms with van der Waals surface area (Å²) in [5.41, 5.74) is 0. The summed E-state index contributed by atoms with van der Waals surface area (Å²) in [5, 5.41) is 6.78. The monoisotopic (exact) mass is 368 g/mol. The van der Waals surface area contributed by atoms with Crippen molar-refractivity contribution in [2.24, 2.45) is 16.8 Å². The van der Waals surface area contributed by atoms with Crippen LogP contribution in [0.25, 0.3) is 0 Å². The molecule has 2 N–H and O–H groups in total. The van der Waals surface area contributed by atoms with E-state index in [4.69, 9.17) is 0 Å². The van der Waals surface area contributed by atoms with Crippen molar-refractivity contribution in [3.63, 3.8) is 0 Å². The third kappa shape index (κ3) is 7.41. The summed E-state index contributed by atoms with van der Waals surface area (Å²) >= 11 is 0. The number of hydrogen-bond acceptors (Lipinski definition) is 2. The first kappa shape index (κ1) is 18.0. The molecule has 1 fully saturated rings. The Kier molecular flexibility index (Phi) is 9.81. The average molecular weight is 368 g/mol. The number of guanidine groups is 1. The maximum absolute atomic E-state index is 4.25. The van der Waals surface area contributed by atoms with E-state index in [1.807, 2.05) is 7.05 Å². The van der Waals surface area contributed by atoms with Gasteiger partial charge in [-0.3, -0.25) is 4.99 Å². The molecule has 0 aromatic heterocycles. The number of nitrogens with one attached hydrogen (secondary N) is 2. The van der Waals surface area contributed by atoms with Crippen LogP contribution in [0, 0.1) is 11.8 Å². The molecule has 0 spiro atoms. The van der Waals surface area contributed by atoms with Crippen LogP contribution in [0.4, 0.5) is 0 Å². The number of aliphatic imine (C=N–C) groups is 1. The second-order valence-corrected chi connectivity index (χ2v) is 5.48. The number of hydrogen-bond donors (Lipinski definition) is 2. The van der Waals surface area contributed by atoms with E-state index >= 15 is 0 Å². The Bertz CT molecular complexity index is 243. The van der Waals surface area contributed by atoms with Crippen LogP contribution >= 0.6 is 24.0 Å². The molecule has 0 bridgehead atoms. The van der Waals surface area contributed by atoms with Crippen molar-refractivity contribution in [1.82, 2.24) is 15.5 Å². The Balaban J connectivity index is 0.00000289. The maximum Gasteiger partial charge on any atom is 0.190 e. The third-order valence-corrected chi connectivity index (χ3v) is 3.28. The van der Waals surface area contributed by atoms with Gasteiger partial charge in [-0.05, 0) is 38.3 Å². The number of nitrogens with zero attached hydrogens (tertiary/aromatic N) is 2. The van der Waals surface area contributed by atoms with Gasteiger partial charge in [0, 0.05) is 26.7 Å². The van der Waals surface area contributed by atoms with Gasteiger partial charge in [0.1, 0.15) is 0 Å². The predicted molar refractivity (Wildman–Crippen MR) is 89.8 cm³/mol. The van der Waals surface area contributed by atoms with Crippen molar-refractivity contribution in [2.45, 2.75) is 26.7 Å². The topological polar surface area (TPSA) is 39.7 Å². The molecule has 1 saturated heterocycles. The average Bonchev–Trinajstić information content (AvgIpc) is 2.69. The summed E-state index contributed by atoms with van der Waals surface area (Å²) in [5.74, 6) is 2.45. The van der Waals surface area contributed by atoms with Crippen LogP contribution in [-0.4, -0.2) is 51.1 Å². The zero-order chi connectivity index (χ0) is 12.7. The number of likely N-dealkylation sites (tertiary alicyclic amines) is 1. The van der Waals surface area contributed by atoms with Crippen molar-refractivity contribution in [2.75, 3.05) is 40.3 Å². The molecule has 1 atom stereocenters. The number of halogens is 1. The van der Waals surface area contributed by atoms with E-state index in [1.165, 1.54) is 25.9 Å². The molecule has 0 radical (unpaired) electrons. The van der Waals surface area contributed by atoms with Crippen LogP contribution < -0.4 is 10.6 Å². The standard InChI is InChI=1S/C13H28N4.HI/c1-11(2)5-7-15-13(14-3)16-9-12-6-8-17(4)10-12;/h11-12H,5-10H2,1-4H3,(H2,14,15,16);1H. The van der Waals surface area contributed by atoms with Gasteiger partial charge in [-0.1, -0.05) is 13.8 Å². The lowest BCUT2D eigenvalue weighted by Crippen LogP contribution is -2.40. The summed E-state index contributed by atoms with van der Waals surface area (Å²) in [6.45, 7) is 8.95. The van der Waals surface area contributed by atoms with Gasteiger partial charge in [0.05, 0.1) is 0 Å². The lowest BCUT2D eigenvalue weighted by Gasteiger charge is -2.16. The fraction of sp³-hybridized carbons (Fsp3) is 0.923. The van der Waals surface area contributed by atoms with Gasteiger partial charge < -0.3 is 15.5 Å². The van der Waals surface area contributed by atoms with Crippen LogP contribution in [0.15, 0.2) is 4.99 Å². The highest BCUT2D eigenvalue weighted by Gasteiger charge is 2.19. The summed E-state index contributed by atoms with van der Waals surface area (Å²) < 4.78 is 0. The molecule has 1 heterocycles. The van der Waals surface area contributed by atoms with Crippen molar-refractivity contribution in [1.29, 1.82) is 0 Å². The van der Waals surface area contributed by atoms with Gasteiger partial charge in [0.15, 0.2) is 5.96 Å². The van der Waals surface area contributed by atoms with Crippen molar-refractivity contribution < 1.29 is 0 Å². The first-order chi connectivity index (χ1) is 8.11. The Morgan fingerprint density at radius 3 is 2.61 bits per heavy atom. The molecule has 0 amide bonds. The molecule has 1 unspecified atom stereocenters. The van der Waals surface area contributed by atoms with Crippen molar-refractivity contribution in [3.05, 3.63) is 0 Å².